The molecule has 1 N–H and O–H groups in total. The maximum atomic E-state index is 14.0. The number of para-hydroxylation sites is 2. The summed E-state index contributed by atoms with van der Waals surface area (Å²) in [6.07, 6.45) is 1.42. The molecule has 0 saturated heterocycles. The number of Topliss-reactive ketones (excluding diaryl/α,β-unsaturated/α-hetero) is 1. The van der Waals surface area contributed by atoms with E-state index in [-0.39, 0.29) is 24.0 Å². The minimum atomic E-state index is -0.461. The zero-order chi connectivity index (χ0) is 24.5. The second-order valence-corrected chi connectivity index (χ2v) is 10.3. The van der Waals surface area contributed by atoms with E-state index in [9.17, 15) is 9.59 Å². The van der Waals surface area contributed by atoms with E-state index < -0.39 is 6.04 Å². The van der Waals surface area contributed by atoms with Crippen LogP contribution in [0, 0.1) is 0 Å². The fourth-order valence-electron chi connectivity index (χ4n) is 5.40. The summed E-state index contributed by atoms with van der Waals surface area (Å²) in [6, 6.07) is 31.5. The highest BCUT2D eigenvalue weighted by Gasteiger charge is 2.41. The molecule has 0 saturated carbocycles. The van der Waals surface area contributed by atoms with Crippen LogP contribution in [0.2, 0.25) is 0 Å². The fraction of sp³-hybridized carbons (Fsp3) is 0.161. The molecule has 2 atom stereocenters. The van der Waals surface area contributed by atoms with Gasteiger partial charge in [-0.1, -0.05) is 78.9 Å². The molecule has 2 heterocycles. The smallest absolute Gasteiger partial charge is 0.232 e. The Balaban J connectivity index is 1.50. The largest absolute Gasteiger partial charge is 0.357 e. The monoisotopic (exact) mass is 490 g/mol. The summed E-state index contributed by atoms with van der Waals surface area (Å²) in [5, 5.41) is 5.62. The van der Waals surface area contributed by atoms with Crippen LogP contribution in [0.5, 0.6) is 0 Å². The van der Waals surface area contributed by atoms with Crippen LogP contribution in [-0.4, -0.2) is 11.7 Å². The molecule has 36 heavy (non-hydrogen) atoms. The van der Waals surface area contributed by atoms with Gasteiger partial charge in [0.25, 0.3) is 0 Å². The number of carbonyl (C=O) groups is 2. The number of allylic oxidation sites excluding steroid dienone is 1. The molecule has 4 aromatic rings. The Kier molecular flexibility index (Phi) is 5.99. The van der Waals surface area contributed by atoms with E-state index in [1.54, 1.807) is 11.3 Å². The van der Waals surface area contributed by atoms with Crippen molar-refractivity contribution in [3.8, 4) is 0 Å². The van der Waals surface area contributed by atoms with Gasteiger partial charge in [0.05, 0.1) is 17.8 Å². The Labute approximate surface area is 214 Å². The number of hydrogen-bond acceptors (Lipinski definition) is 4. The molecule has 5 heteroatoms. The maximum Gasteiger partial charge on any atom is 0.232 e. The molecule has 2 unspecified atom stereocenters. The maximum absolute atomic E-state index is 14.0. The minimum absolute atomic E-state index is 0.0272. The van der Waals surface area contributed by atoms with Gasteiger partial charge in [-0.05, 0) is 47.0 Å². The van der Waals surface area contributed by atoms with Gasteiger partial charge in [0.15, 0.2) is 5.78 Å². The highest BCUT2D eigenvalue weighted by molar-refractivity contribution is 7.10. The average molecular weight is 491 g/mol. The highest BCUT2D eigenvalue weighted by atomic mass is 32.1. The van der Waals surface area contributed by atoms with Crippen molar-refractivity contribution >= 4 is 34.4 Å². The standard InChI is InChI=1S/C31H26N2O2S/c34-27-20-23(22-12-5-2-6-13-22)19-25-30(27)31(28-16-9-17-36-28)33(26-15-8-7-14-24(26)32-25)29(35)18-21-10-3-1-4-11-21/h1-17,23,31-32H,18-20H2. The Bertz CT molecular complexity index is 1430. The van der Waals surface area contributed by atoms with Gasteiger partial charge in [0, 0.05) is 22.6 Å². The minimum Gasteiger partial charge on any atom is -0.357 e. The summed E-state index contributed by atoms with van der Waals surface area (Å²) >= 11 is 1.59. The van der Waals surface area contributed by atoms with Gasteiger partial charge in [-0.25, -0.2) is 0 Å². The van der Waals surface area contributed by atoms with Gasteiger partial charge < -0.3 is 5.32 Å². The molecule has 0 fully saturated rings. The first kappa shape index (κ1) is 22.5. The summed E-state index contributed by atoms with van der Waals surface area (Å²) in [7, 11) is 0. The number of nitrogens with one attached hydrogen (secondary N) is 1. The van der Waals surface area contributed by atoms with Crippen LogP contribution in [0.1, 0.15) is 40.8 Å². The first-order chi connectivity index (χ1) is 17.7. The molecule has 6 rings (SSSR count). The van der Waals surface area contributed by atoms with Crippen molar-refractivity contribution in [3.05, 3.63) is 130 Å². The number of ketones is 1. The molecule has 3 aromatic carbocycles. The molecule has 4 nitrogen and oxygen atoms in total. The van der Waals surface area contributed by atoms with E-state index in [1.807, 2.05) is 95.2 Å². The first-order valence-corrected chi connectivity index (χ1v) is 13.1. The molecule has 2 aliphatic rings. The van der Waals surface area contributed by atoms with Gasteiger partial charge in [-0.2, -0.15) is 0 Å². The number of anilines is 2. The second-order valence-electron chi connectivity index (χ2n) is 9.32. The number of rotatable bonds is 4. The molecular weight excluding hydrogens is 464 g/mol. The number of hydrogen-bond donors (Lipinski definition) is 1. The van der Waals surface area contributed by atoms with Crippen molar-refractivity contribution in [3.63, 3.8) is 0 Å². The molecule has 1 amide bonds. The molecule has 0 spiro atoms. The predicted octanol–water partition coefficient (Wildman–Crippen LogP) is 6.89. The van der Waals surface area contributed by atoms with Crippen LogP contribution in [0.3, 0.4) is 0 Å². The lowest BCUT2D eigenvalue weighted by Gasteiger charge is -2.34. The van der Waals surface area contributed by atoms with Gasteiger partial charge in [0.1, 0.15) is 6.04 Å². The van der Waals surface area contributed by atoms with Gasteiger partial charge in [-0.3, -0.25) is 14.5 Å². The van der Waals surface area contributed by atoms with Crippen molar-refractivity contribution in [1.29, 1.82) is 0 Å². The zero-order valence-corrected chi connectivity index (χ0v) is 20.6. The van der Waals surface area contributed by atoms with E-state index in [1.165, 1.54) is 5.56 Å². The van der Waals surface area contributed by atoms with E-state index in [0.717, 1.165) is 33.9 Å². The van der Waals surface area contributed by atoms with Crippen molar-refractivity contribution in [2.45, 2.75) is 31.2 Å². The second kappa shape index (κ2) is 9.59. The number of nitrogens with zero attached hydrogens (tertiary/aromatic N) is 1. The Morgan fingerprint density at radius 1 is 0.861 bits per heavy atom. The van der Waals surface area contributed by atoms with Crippen LogP contribution in [0.25, 0.3) is 0 Å². The van der Waals surface area contributed by atoms with Crippen LogP contribution >= 0.6 is 11.3 Å². The third kappa shape index (κ3) is 4.16. The van der Waals surface area contributed by atoms with Crippen molar-refractivity contribution in [2.75, 3.05) is 10.2 Å². The van der Waals surface area contributed by atoms with Gasteiger partial charge in [0.2, 0.25) is 5.91 Å². The topological polar surface area (TPSA) is 49.4 Å². The molecule has 178 valence electrons. The fourth-order valence-corrected chi connectivity index (χ4v) is 6.22. The number of amides is 1. The third-order valence-electron chi connectivity index (χ3n) is 7.04. The lowest BCUT2D eigenvalue weighted by atomic mass is 9.79. The molecular formula is C31H26N2O2S. The summed E-state index contributed by atoms with van der Waals surface area (Å²) < 4.78 is 0. The Hall–Kier alpha value is -3.96. The lowest BCUT2D eigenvalue weighted by Crippen LogP contribution is -2.39. The summed E-state index contributed by atoms with van der Waals surface area (Å²) in [6.45, 7) is 0. The summed E-state index contributed by atoms with van der Waals surface area (Å²) in [5.74, 6) is 0.176. The number of fused-ring (bicyclic) bond motifs is 1. The number of benzene rings is 3. The molecule has 0 bridgehead atoms. The van der Waals surface area contributed by atoms with Gasteiger partial charge in [-0.15, -0.1) is 11.3 Å². The average Bonchev–Trinajstić information content (AvgIpc) is 3.39. The highest BCUT2D eigenvalue weighted by Crippen LogP contribution is 2.48. The van der Waals surface area contributed by atoms with Crippen LogP contribution < -0.4 is 10.2 Å². The summed E-state index contributed by atoms with van der Waals surface area (Å²) in [5.41, 5.74) is 5.40. The van der Waals surface area contributed by atoms with Crippen LogP contribution in [0.15, 0.2) is 114 Å². The van der Waals surface area contributed by atoms with Crippen LogP contribution in [-0.2, 0) is 16.0 Å². The lowest BCUT2D eigenvalue weighted by molar-refractivity contribution is -0.118. The van der Waals surface area contributed by atoms with E-state index in [4.69, 9.17) is 0 Å². The molecule has 0 radical (unpaired) electrons. The van der Waals surface area contributed by atoms with Crippen molar-refractivity contribution < 1.29 is 9.59 Å². The molecule has 1 aliphatic carbocycles. The van der Waals surface area contributed by atoms with Gasteiger partial charge >= 0.3 is 0 Å². The number of thiophene rings is 1. The zero-order valence-electron chi connectivity index (χ0n) is 19.8. The van der Waals surface area contributed by atoms with E-state index in [0.29, 0.717) is 12.0 Å². The van der Waals surface area contributed by atoms with E-state index in [2.05, 4.69) is 17.4 Å². The van der Waals surface area contributed by atoms with Crippen molar-refractivity contribution in [2.24, 2.45) is 0 Å². The normalized spacial score (nSPS) is 19.2. The Morgan fingerprint density at radius 2 is 1.58 bits per heavy atom. The number of carbonyl (C=O) groups excluding carboxylic acids is 2. The predicted molar refractivity (Wildman–Crippen MR) is 145 cm³/mol. The quantitative estimate of drug-likeness (QED) is 0.339. The Morgan fingerprint density at radius 3 is 2.33 bits per heavy atom. The van der Waals surface area contributed by atoms with Crippen molar-refractivity contribution in [1.82, 2.24) is 0 Å². The SMILES string of the molecule is O=C1CC(c2ccccc2)CC2=C1C(c1cccs1)N(C(=O)Cc1ccccc1)c1ccccc1N2. The van der Waals surface area contributed by atoms with Crippen LogP contribution in [0.4, 0.5) is 11.4 Å². The van der Waals surface area contributed by atoms with E-state index >= 15 is 0 Å². The first-order valence-electron chi connectivity index (χ1n) is 12.3. The summed E-state index contributed by atoms with van der Waals surface area (Å²) in [4.78, 5) is 30.8. The third-order valence-corrected chi connectivity index (χ3v) is 7.96. The molecule has 1 aromatic heterocycles. The molecule has 1 aliphatic heterocycles.